The SMILES string of the molecule is Cc1ccc(CNc2ncnc3c(C)csc23)o1. The van der Waals surface area contributed by atoms with Crippen molar-refractivity contribution in [1.29, 1.82) is 0 Å². The van der Waals surface area contributed by atoms with Crippen LogP contribution in [0.1, 0.15) is 17.1 Å². The van der Waals surface area contributed by atoms with E-state index in [0.29, 0.717) is 6.54 Å². The third kappa shape index (κ3) is 1.97. The maximum atomic E-state index is 5.52. The van der Waals surface area contributed by atoms with Gasteiger partial charge in [0.1, 0.15) is 23.7 Å². The maximum Gasteiger partial charge on any atom is 0.147 e. The second kappa shape index (κ2) is 4.42. The Morgan fingerprint density at radius 3 is 2.94 bits per heavy atom. The molecule has 0 aliphatic heterocycles. The van der Waals surface area contributed by atoms with Crippen LogP contribution in [0.5, 0.6) is 0 Å². The first-order valence-electron chi connectivity index (χ1n) is 5.72. The van der Waals surface area contributed by atoms with Gasteiger partial charge in [-0.1, -0.05) is 0 Å². The van der Waals surface area contributed by atoms with Gasteiger partial charge in [-0.05, 0) is 36.9 Å². The van der Waals surface area contributed by atoms with Crippen molar-refractivity contribution >= 4 is 27.4 Å². The highest BCUT2D eigenvalue weighted by atomic mass is 32.1. The Bertz CT molecular complexity index is 686. The number of rotatable bonds is 3. The molecule has 0 atom stereocenters. The predicted molar refractivity (Wildman–Crippen MR) is 72.9 cm³/mol. The fraction of sp³-hybridized carbons (Fsp3) is 0.231. The summed E-state index contributed by atoms with van der Waals surface area (Å²) in [6.45, 7) is 4.64. The minimum absolute atomic E-state index is 0.636. The van der Waals surface area contributed by atoms with Crippen LogP contribution in [0.15, 0.2) is 28.3 Å². The highest BCUT2D eigenvalue weighted by Crippen LogP contribution is 2.28. The molecule has 0 amide bonds. The van der Waals surface area contributed by atoms with Crippen LogP contribution in [0.2, 0.25) is 0 Å². The average Bonchev–Trinajstić information content (AvgIpc) is 2.94. The molecule has 0 saturated heterocycles. The first kappa shape index (κ1) is 11.2. The van der Waals surface area contributed by atoms with Crippen molar-refractivity contribution < 1.29 is 4.42 Å². The summed E-state index contributed by atoms with van der Waals surface area (Å²) < 4.78 is 6.62. The Morgan fingerprint density at radius 2 is 2.17 bits per heavy atom. The number of fused-ring (bicyclic) bond motifs is 1. The van der Waals surface area contributed by atoms with Crippen molar-refractivity contribution in [3.63, 3.8) is 0 Å². The highest BCUT2D eigenvalue weighted by molar-refractivity contribution is 7.18. The van der Waals surface area contributed by atoms with E-state index in [1.54, 1.807) is 17.7 Å². The molecule has 4 nitrogen and oxygen atoms in total. The summed E-state index contributed by atoms with van der Waals surface area (Å²) in [6.07, 6.45) is 1.60. The topological polar surface area (TPSA) is 51.0 Å². The summed E-state index contributed by atoms with van der Waals surface area (Å²) in [5, 5.41) is 5.39. The fourth-order valence-corrected chi connectivity index (χ4v) is 2.81. The third-order valence-electron chi connectivity index (χ3n) is 2.76. The molecule has 0 radical (unpaired) electrons. The summed E-state index contributed by atoms with van der Waals surface area (Å²) in [4.78, 5) is 8.58. The molecule has 5 heteroatoms. The number of aryl methyl sites for hydroxylation is 2. The van der Waals surface area contributed by atoms with E-state index in [4.69, 9.17) is 4.42 Å². The minimum atomic E-state index is 0.636. The number of hydrogen-bond donors (Lipinski definition) is 1. The van der Waals surface area contributed by atoms with Crippen molar-refractivity contribution in [1.82, 2.24) is 9.97 Å². The molecule has 92 valence electrons. The van der Waals surface area contributed by atoms with E-state index < -0.39 is 0 Å². The lowest BCUT2D eigenvalue weighted by Crippen LogP contribution is -2.00. The number of thiophene rings is 1. The predicted octanol–water partition coefficient (Wildman–Crippen LogP) is 3.51. The van der Waals surface area contributed by atoms with Gasteiger partial charge in [0.2, 0.25) is 0 Å². The normalized spacial score (nSPS) is 11.0. The summed E-state index contributed by atoms with van der Waals surface area (Å²) in [7, 11) is 0. The Balaban J connectivity index is 1.86. The molecule has 18 heavy (non-hydrogen) atoms. The van der Waals surface area contributed by atoms with Crippen LogP contribution >= 0.6 is 11.3 Å². The van der Waals surface area contributed by atoms with Gasteiger partial charge in [-0.15, -0.1) is 11.3 Å². The Kier molecular flexibility index (Phi) is 2.76. The van der Waals surface area contributed by atoms with Crippen LogP contribution in [0.3, 0.4) is 0 Å². The molecular weight excluding hydrogens is 246 g/mol. The Labute approximate surface area is 109 Å². The van der Waals surface area contributed by atoms with Gasteiger partial charge in [-0.2, -0.15) is 0 Å². The summed E-state index contributed by atoms with van der Waals surface area (Å²) in [5.41, 5.74) is 2.21. The van der Waals surface area contributed by atoms with E-state index in [0.717, 1.165) is 27.6 Å². The van der Waals surface area contributed by atoms with Gasteiger partial charge in [0.05, 0.1) is 16.8 Å². The van der Waals surface area contributed by atoms with E-state index in [9.17, 15) is 0 Å². The largest absolute Gasteiger partial charge is 0.465 e. The van der Waals surface area contributed by atoms with Crippen LogP contribution in [0.4, 0.5) is 5.82 Å². The van der Waals surface area contributed by atoms with E-state index >= 15 is 0 Å². The van der Waals surface area contributed by atoms with E-state index in [-0.39, 0.29) is 0 Å². The quantitative estimate of drug-likeness (QED) is 0.782. The minimum Gasteiger partial charge on any atom is -0.465 e. The van der Waals surface area contributed by atoms with Crippen LogP contribution in [0, 0.1) is 13.8 Å². The number of nitrogens with one attached hydrogen (secondary N) is 1. The number of aromatic nitrogens is 2. The zero-order valence-corrected chi connectivity index (χ0v) is 11.0. The van der Waals surface area contributed by atoms with Gasteiger partial charge in [0, 0.05) is 0 Å². The fourth-order valence-electron chi connectivity index (χ4n) is 1.85. The van der Waals surface area contributed by atoms with Gasteiger partial charge >= 0.3 is 0 Å². The number of hydrogen-bond acceptors (Lipinski definition) is 5. The number of nitrogens with zero attached hydrogens (tertiary/aromatic N) is 2. The standard InChI is InChI=1S/C13H13N3OS/c1-8-6-18-12-11(8)15-7-16-13(12)14-5-10-4-3-9(2)17-10/h3-4,6-7H,5H2,1-2H3,(H,14,15,16). The molecule has 0 aliphatic rings. The summed E-state index contributed by atoms with van der Waals surface area (Å²) in [6, 6.07) is 3.93. The molecule has 0 aliphatic carbocycles. The van der Waals surface area contributed by atoms with Crippen LogP contribution in [0.25, 0.3) is 10.2 Å². The summed E-state index contributed by atoms with van der Waals surface area (Å²) >= 11 is 1.66. The Morgan fingerprint density at radius 1 is 1.28 bits per heavy atom. The van der Waals surface area contributed by atoms with Crippen molar-refractivity contribution in [3.8, 4) is 0 Å². The second-order valence-corrected chi connectivity index (χ2v) is 5.06. The lowest BCUT2D eigenvalue weighted by molar-refractivity contribution is 0.490. The molecule has 3 aromatic rings. The van der Waals surface area contributed by atoms with Crippen LogP contribution in [-0.2, 0) is 6.54 Å². The molecule has 0 spiro atoms. The lowest BCUT2D eigenvalue weighted by Gasteiger charge is -2.04. The molecule has 0 fully saturated rings. The molecule has 0 aromatic carbocycles. The maximum absolute atomic E-state index is 5.52. The van der Waals surface area contributed by atoms with Gasteiger partial charge in [-0.25, -0.2) is 9.97 Å². The van der Waals surface area contributed by atoms with Crippen LogP contribution in [-0.4, -0.2) is 9.97 Å². The lowest BCUT2D eigenvalue weighted by atomic mass is 10.3. The molecular formula is C13H13N3OS. The van der Waals surface area contributed by atoms with E-state index in [1.165, 1.54) is 5.56 Å². The van der Waals surface area contributed by atoms with Crippen molar-refractivity contribution in [2.45, 2.75) is 20.4 Å². The van der Waals surface area contributed by atoms with E-state index in [1.807, 2.05) is 19.1 Å². The van der Waals surface area contributed by atoms with Gasteiger partial charge in [-0.3, -0.25) is 0 Å². The Hall–Kier alpha value is -1.88. The number of anilines is 1. The molecule has 3 heterocycles. The first-order chi connectivity index (χ1) is 8.74. The monoisotopic (exact) mass is 259 g/mol. The van der Waals surface area contributed by atoms with Gasteiger partial charge < -0.3 is 9.73 Å². The average molecular weight is 259 g/mol. The smallest absolute Gasteiger partial charge is 0.147 e. The van der Waals surface area contributed by atoms with E-state index in [2.05, 4.69) is 27.6 Å². The highest BCUT2D eigenvalue weighted by Gasteiger charge is 2.08. The zero-order valence-electron chi connectivity index (χ0n) is 10.2. The van der Waals surface area contributed by atoms with Crippen molar-refractivity contribution in [3.05, 3.63) is 40.9 Å². The molecule has 3 aromatic heterocycles. The third-order valence-corrected chi connectivity index (χ3v) is 3.85. The summed E-state index contributed by atoms with van der Waals surface area (Å²) in [5.74, 6) is 2.70. The molecule has 0 unspecified atom stereocenters. The zero-order chi connectivity index (χ0) is 12.5. The molecule has 0 bridgehead atoms. The van der Waals surface area contributed by atoms with Crippen LogP contribution < -0.4 is 5.32 Å². The molecule has 0 saturated carbocycles. The first-order valence-corrected chi connectivity index (χ1v) is 6.60. The van der Waals surface area contributed by atoms with Crippen molar-refractivity contribution in [2.24, 2.45) is 0 Å². The van der Waals surface area contributed by atoms with Gasteiger partial charge in [0.25, 0.3) is 0 Å². The van der Waals surface area contributed by atoms with Crippen molar-refractivity contribution in [2.75, 3.05) is 5.32 Å². The second-order valence-electron chi connectivity index (χ2n) is 4.18. The van der Waals surface area contributed by atoms with Gasteiger partial charge in [0.15, 0.2) is 0 Å². The molecule has 1 N–H and O–H groups in total. The molecule has 3 rings (SSSR count). The number of furan rings is 1.